The molecule has 0 unspecified atom stereocenters. The van der Waals surface area contributed by atoms with Gasteiger partial charge in [0.15, 0.2) is 16.9 Å². The Morgan fingerprint density at radius 1 is 1.12 bits per heavy atom. The molecule has 0 radical (unpaired) electrons. The van der Waals surface area contributed by atoms with Gasteiger partial charge in [0.25, 0.3) is 0 Å². The maximum absolute atomic E-state index is 11.8. The van der Waals surface area contributed by atoms with Gasteiger partial charge < -0.3 is 14.5 Å². The van der Waals surface area contributed by atoms with Gasteiger partial charge in [-0.05, 0) is 13.0 Å². The molecule has 0 spiro atoms. The molecule has 0 bridgehead atoms. The van der Waals surface area contributed by atoms with Crippen molar-refractivity contribution in [2.24, 2.45) is 0 Å². The lowest BCUT2D eigenvalue weighted by atomic mass is 10.1. The molecule has 0 saturated carbocycles. The number of aromatic nitrogens is 1. The number of ether oxygens (including phenoxy) is 2. The first-order valence-corrected chi connectivity index (χ1v) is 5.17. The maximum Gasteiger partial charge on any atom is 0.189 e. The molecule has 4 heteroatoms. The van der Waals surface area contributed by atoms with Crippen LogP contribution in [0.15, 0.2) is 23.0 Å². The van der Waals surface area contributed by atoms with Crippen molar-refractivity contribution in [2.45, 2.75) is 6.92 Å². The predicted octanol–water partition coefficient (Wildman–Crippen LogP) is 1.61. The van der Waals surface area contributed by atoms with Crippen LogP contribution in [0.5, 0.6) is 11.5 Å². The predicted molar refractivity (Wildman–Crippen MR) is 60.3 cm³/mol. The Morgan fingerprint density at radius 3 is 2.56 bits per heavy atom. The van der Waals surface area contributed by atoms with E-state index >= 15 is 0 Å². The Bertz CT molecular complexity index is 615. The zero-order valence-corrected chi connectivity index (χ0v) is 8.87. The monoisotopic (exact) mass is 217 g/mol. The third-order valence-corrected chi connectivity index (χ3v) is 2.63. The third kappa shape index (κ3) is 1.34. The molecule has 0 saturated heterocycles. The van der Waals surface area contributed by atoms with E-state index in [-0.39, 0.29) is 5.43 Å². The Kier molecular flexibility index (Phi) is 1.89. The highest BCUT2D eigenvalue weighted by atomic mass is 16.6. The summed E-state index contributed by atoms with van der Waals surface area (Å²) in [6.07, 6.45) is 0. The Balaban J connectivity index is 2.35. The van der Waals surface area contributed by atoms with Crippen LogP contribution in [0.1, 0.15) is 5.69 Å². The first-order valence-electron chi connectivity index (χ1n) is 5.17. The Labute approximate surface area is 91.8 Å². The topological polar surface area (TPSA) is 51.3 Å². The molecular weight excluding hydrogens is 206 g/mol. The largest absolute Gasteiger partial charge is 0.486 e. The van der Waals surface area contributed by atoms with Crippen LogP contribution >= 0.6 is 0 Å². The SMILES string of the molecule is Cc1cc(=O)c2cc3c(cc2[nH]1)OCCO3. The van der Waals surface area contributed by atoms with Crippen molar-refractivity contribution >= 4 is 10.9 Å². The second kappa shape index (κ2) is 3.27. The fourth-order valence-electron chi connectivity index (χ4n) is 1.92. The minimum Gasteiger partial charge on any atom is -0.486 e. The number of hydrogen-bond donors (Lipinski definition) is 1. The fraction of sp³-hybridized carbons (Fsp3) is 0.250. The lowest BCUT2D eigenvalue weighted by Crippen LogP contribution is -2.16. The molecule has 16 heavy (non-hydrogen) atoms. The molecule has 0 atom stereocenters. The zero-order valence-electron chi connectivity index (χ0n) is 8.87. The van der Waals surface area contributed by atoms with Crippen LogP contribution in [-0.2, 0) is 0 Å². The van der Waals surface area contributed by atoms with Crippen molar-refractivity contribution in [3.8, 4) is 11.5 Å². The molecular formula is C12H11NO3. The molecule has 3 rings (SSSR count). The molecule has 1 aromatic carbocycles. The molecule has 0 aliphatic carbocycles. The highest BCUT2D eigenvalue weighted by molar-refractivity contribution is 5.82. The van der Waals surface area contributed by atoms with Gasteiger partial charge in [-0.2, -0.15) is 0 Å². The first kappa shape index (κ1) is 9.27. The number of nitrogens with one attached hydrogen (secondary N) is 1. The van der Waals surface area contributed by atoms with Crippen molar-refractivity contribution in [3.63, 3.8) is 0 Å². The molecule has 4 nitrogen and oxygen atoms in total. The molecule has 2 aromatic rings. The van der Waals surface area contributed by atoms with Gasteiger partial charge in [0, 0.05) is 23.2 Å². The number of aryl methyl sites for hydroxylation is 1. The maximum atomic E-state index is 11.8. The summed E-state index contributed by atoms with van der Waals surface area (Å²) in [5, 5.41) is 0.634. The molecule has 0 fully saturated rings. The van der Waals surface area contributed by atoms with Crippen LogP contribution in [0.4, 0.5) is 0 Å². The summed E-state index contributed by atoms with van der Waals surface area (Å²) in [5.74, 6) is 1.34. The Morgan fingerprint density at radius 2 is 1.81 bits per heavy atom. The molecule has 2 heterocycles. The minimum atomic E-state index is 0.00298. The van der Waals surface area contributed by atoms with Crippen molar-refractivity contribution in [1.82, 2.24) is 4.98 Å². The van der Waals surface area contributed by atoms with E-state index in [9.17, 15) is 4.79 Å². The van der Waals surface area contributed by atoms with Crippen LogP contribution < -0.4 is 14.9 Å². The summed E-state index contributed by atoms with van der Waals surface area (Å²) >= 11 is 0. The summed E-state index contributed by atoms with van der Waals surface area (Å²) in [4.78, 5) is 14.9. The number of hydrogen-bond acceptors (Lipinski definition) is 3. The molecule has 1 N–H and O–H groups in total. The molecule has 1 aromatic heterocycles. The summed E-state index contributed by atoms with van der Waals surface area (Å²) in [7, 11) is 0. The summed E-state index contributed by atoms with van der Waals surface area (Å²) in [5.41, 5.74) is 1.63. The number of benzene rings is 1. The average Bonchev–Trinajstić information content (AvgIpc) is 2.27. The number of fused-ring (bicyclic) bond motifs is 2. The van der Waals surface area contributed by atoms with Gasteiger partial charge in [0.1, 0.15) is 13.2 Å². The molecule has 1 aliphatic rings. The summed E-state index contributed by atoms with van der Waals surface area (Å²) < 4.78 is 10.9. The van der Waals surface area contributed by atoms with Crippen molar-refractivity contribution in [3.05, 3.63) is 34.1 Å². The first-order chi connectivity index (χ1) is 7.74. The van der Waals surface area contributed by atoms with Crippen LogP contribution in [0.3, 0.4) is 0 Å². The number of rotatable bonds is 0. The quantitative estimate of drug-likeness (QED) is 0.729. The lowest BCUT2D eigenvalue weighted by Gasteiger charge is -2.18. The van der Waals surface area contributed by atoms with E-state index in [0.29, 0.717) is 30.1 Å². The summed E-state index contributed by atoms with van der Waals surface area (Å²) in [6, 6.07) is 5.14. The van der Waals surface area contributed by atoms with E-state index in [1.807, 2.05) is 13.0 Å². The van der Waals surface area contributed by atoms with Crippen molar-refractivity contribution in [2.75, 3.05) is 13.2 Å². The van der Waals surface area contributed by atoms with Crippen LogP contribution in [0, 0.1) is 6.92 Å². The second-order valence-corrected chi connectivity index (χ2v) is 3.86. The van der Waals surface area contributed by atoms with Gasteiger partial charge in [-0.1, -0.05) is 0 Å². The van der Waals surface area contributed by atoms with Crippen LogP contribution in [0.25, 0.3) is 10.9 Å². The van der Waals surface area contributed by atoms with Crippen LogP contribution in [-0.4, -0.2) is 18.2 Å². The van der Waals surface area contributed by atoms with Gasteiger partial charge in [-0.15, -0.1) is 0 Å². The highest BCUT2D eigenvalue weighted by Crippen LogP contribution is 2.32. The highest BCUT2D eigenvalue weighted by Gasteiger charge is 2.13. The molecule has 1 aliphatic heterocycles. The smallest absolute Gasteiger partial charge is 0.189 e. The van der Waals surface area contributed by atoms with Gasteiger partial charge in [-0.25, -0.2) is 0 Å². The van der Waals surface area contributed by atoms with Gasteiger partial charge >= 0.3 is 0 Å². The zero-order chi connectivity index (χ0) is 11.1. The number of aromatic amines is 1. The molecule has 0 amide bonds. The lowest BCUT2D eigenvalue weighted by molar-refractivity contribution is 0.172. The van der Waals surface area contributed by atoms with E-state index in [4.69, 9.17) is 9.47 Å². The van der Waals surface area contributed by atoms with Crippen LogP contribution in [0.2, 0.25) is 0 Å². The normalized spacial score (nSPS) is 14.1. The van der Waals surface area contributed by atoms with Gasteiger partial charge in [0.2, 0.25) is 0 Å². The summed E-state index contributed by atoms with van der Waals surface area (Å²) in [6.45, 7) is 2.94. The van der Waals surface area contributed by atoms with E-state index in [2.05, 4.69) is 4.98 Å². The minimum absolute atomic E-state index is 0.00298. The standard InChI is InChI=1S/C12H11NO3/c1-7-4-10(14)8-5-11-12(6-9(8)13-7)16-3-2-15-11/h4-6H,2-3H2,1H3,(H,13,14). The third-order valence-electron chi connectivity index (χ3n) is 2.63. The fourth-order valence-corrected chi connectivity index (χ4v) is 1.92. The van der Waals surface area contributed by atoms with E-state index in [1.54, 1.807) is 12.1 Å². The van der Waals surface area contributed by atoms with Crippen molar-refractivity contribution in [1.29, 1.82) is 0 Å². The van der Waals surface area contributed by atoms with E-state index in [1.165, 1.54) is 0 Å². The number of pyridine rings is 1. The van der Waals surface area contributed by atoms with Crippen molar-refractivity contribution < 1.29 is 9.47 Å². The molecule has 82 valence electrons. The second-order valence-electron chi connectivity index (χ2n) is 3.86. The average molecular weight is 217 g/mol. The van der Waals surface area contributed by atoms with E-state index in [0.717, 1.165) is 11.2 Å². The Hall–Kier alpha value is -1.97. The number of H-pyrrole nitrogens is 1. The van der Waals surface area contributed by atoms with Gasteiger partial charge in [-0.3, -0.25) is 4.79 Å². The van der Waals surface area contributed by atoms with E-state index < -0.39 is 0 Å². The van der Waals surface area contributed by atoms with Gasteiger partial charge in [0.05, 0.1) is 5.52 Å².